The van der Waals surface area contributed by atoms with Crippen molar-refractivity contribution >= 4 is 43.1 Å². The fraction of sp³-hybridized carbons (Fsp3) is 0. The van der Waals surface area contributed by atoms with E-state index in [4.69, 9.17) is 0 Å². The third kappa shape index (κ3) is 1.62. The molecule has 0 heterocycles. The third-order valence-electron chi connectivity index (χ3n) is 6.36. The molecule has 7 rings (SSSR count). The summed E-state index contributed by atoms with van der Waals surface area (Å²) in [7, 11) is 0. The van der Waals surface area contributed by atoms with Crippen LogP contribution in [0.15, 0.2) is 97.1 Å². The largest absolute Gasteiger partial charge is 0.0622 e. The van der Waals surface area contributed by atoms with Gasteiger partial charge in [-0.1, -0.05) is 97.1 Å². The van der Waals surface area contributed by atoms with Gasteiger partial charge in [0.2, 0.25) is 0 Å². The van der Waals surface area contributed by atoms with E-state index < -0.39 is 0 Å². The molecule has 0 aliphatic heterocycles. The molecule has 0 saturated heterocycles. The van der Waals surface area contributed by atoms with Crippen LogP contribution in [0.5, 0.6) is 0 Å². The lowest BCUT2D eigenvalue weighted by atomic mass is 9.90. The van der Waals surface area contributed by atoms with E-state index in [-0.39, 0.29) is 0 Å². The highest BCUT2D eigenvalue weighted by atomic mass is 14.3. The van der Waals surface area contributed by atoms with Crippen LogP contribution in [0.25, 0.3) is 65.3 Å². The molecule has 6 aromatic rings. The van der Waals surface area contributed by atoms with Gasteiger partial charge in [0.05, 0.1) is 0 Å². The van der Waals surface area contributed by atoms with Gasteiger partial charge in [-0.3, -0.25) is 0 Å². The van der Waals surface area contributed by atoms with Crippen LogP contribution >= 0.6 is 0 Å². The molecule has 0 N–H and O–H groups in total. The monoisotopic (exact) mass is 352 g/mol. The Morgan fingerprint density at radius 1 is 0.357 bits per heavy atom. The normalized spacial score (nSPS) is 12.3. The quantitative estimate of drug-likeness (QED) is 0.263. The summed E-state index contributed by atoms with van der Waals surface area (Å²) in [6.45, 7) is 0. The molecule has 0 unspecified atom stereocenters. The van der Waals surface area contributed by atoms with Crippen molar-refractivity contribution in [2.75, 3.05) is 0 Å². The Hall–Kier alpha value is -3.64. The van der Waals surface area contributed by atoms with E-state index in [9.17, 15) is 0 Å². The van der Waals surface area contributed by atoms with E-state index in [0.29, 0.717) is 0 Å². The van der Waals surface area contributed by atoms with Gasteiger partial charge in [0, 0.05) is 0 Å². The lowest BCUT2D eigenvalue weighted by Crippen LogP contribution is -1.86. The van der Waals surface area contributed by atoms with Crippen LogP contribution in [0.2, 0.25) is 0 Å². The molecule has 128 valence electrons. The second-order valence-corrected chi connectivity index (χ2v) is 7.71. The second kappa shape index (κ2) is 4.99. The Labute approximate surface area is 162 Å². The van der Waals surface area contributed by atoms with E-state index in [1.54, 1.807) is 0 Å². The molecule has 0 bridgehead atoms. The van der Waals surface area contributed by atoms with Crippen LogP contribution in [-0.2, 0) is 0 Å². The van der Waals surface area contributed by atoms with Gasteiger partial charge < -0.3 is 0 Å². The molecule has 6 aromatic carbocycles. The summed E-state index contributed by atoms with van der Waals surface area (Å²) in [5, 5.41) is 11.0. The first-order chi connectivity index (χ1) is 13.9. The molecule has 0 atom stereocenters. The van der Waals surface area contributed by atoms with E-state index >= 15 is 0 Å². The summed E-state index contributed by atoms with van der Waals surface area (Å²) < 4.78 is 0. The maximum Gasteiger partial charge on any atom is -0.000741 e. The number of hydrogen-bond acceptors (Lipinski definition) is 0. The van der Waals surface area contributed by atoms with Crippen molar-refractivity contribution in [3.05, 3.63) is 97.1 Å². The molecule has 0 heteroatoms. The molecule has 0 saturated carbocycles. The molecule has 0 aromatic heterocycles. The summed E-state index contributed by atoms with van der Waals surface area (Å²) in [6, 6.07) is 35.6. The smallest absolute Gasteiger partial charge is 0.000741 e. The van der Waals surface area contributed by atoms with Crippen LogP contribution in [-0.4, -0.2) is 0 Å². The molecule has 0 amide bonds. The first kappa shape index (κ1) is 14.4. The predicted octanol–water partition coefficient (Wildman–Crippen LogP) is 7.95. The van der Waals surface area contributed by atoms with Crippen LogP contribution in [0, 0.1) is 0 Å². The third-order valence-corrected chi connectivity index (χ3v) is 6.36. The topological polar surface area (TPSA) is 0 Å². The van der Waals surface area contributed by atoms with Crippen molar-refractivity contribution < 1.29 is 0 Å². The van der Waals surface area contributed by atoms with Gasteiger partial charge in [-0.2, -0.15) is 0 Å². The lowest BCUT2D eigenvalue weighted by Gasteiger charge is -2.13. The molecule has 0 fully saturated rings. The molecule has 0 spiro atoms. The van der Waals surface area contributed by atoms with Crippen molar-refractivity contribution in [1.29, 1.82) is 0 Å². The van der Waals surface area contributed by atoms with Crippen molar-refractivity contribution in [3.63, 3.8) is 0 Å². The predicted molar refractivity (Wildman–Crippen MR) is 121 cm³/mol. The van der Waals surface area contributed by atoms with E-state index in [1.165, 1.54) is 65.3 Å². The Morgan fingerprint density at radius 3 is 1.89 bits per heavy atom. The molecule has 1 aliphatic rings. The van der Waals surface area contributed by atoms with Gasteiger partial charge in [0.1, 0.15) is 0 Å². The Balaban J connectivity index is 1.84. The van der Waals surface area contributed by atoms with Crippen LogP contribution in [0.4, 0.5) is 0 Å². The maximum atomic E-state index is 2.33. The van der Waals surface area contributed by atoms with Crippen LogP contribution < -0.4 is 0 Å². The van der Waals surface area contributed by atoms with Gasteiger partial charge >= 0.3 is 0 Å². The number of rotatable bonds is 1. The fourth-order valence-electron chi connectivity index (χ4n) is 5.25. The summed E-state index contributed by atoms with van der Waals surface area (Å²) in [5.74, 6) is 0. The number of benzene rings is 6. The standard InChI is InChI=1S/C28H16/c1-2-7-17(8-3-1)19-15-16-23-21-11-5-4-10-20(21)22-14-13-18-9-6-12-24-25(18)27(22)28(23)26(19)24/h1-16H. The summed E-state index contributed by atoms with van der Waals surface area (Å²) >= 11 is 0. The van der Waals surface area contributed by atoms with Gasteiger partial charge in [-0.15, -0.1) is 0 Å². The number of hydrogen-bond donors (Lipinski definition) is 0. The average molecular weight is 352 g/mol. The highest BCUT2D eigenvalue weighted by Gasteiger charge is 2.25. The summed E-state index contributed by atoms with van der Waals surface area (Å²) in [4.78, 5) is 0. The minimum Gasteiger partial charge on any atom is -0.0622 e. The Bertz CT molecular complexity index is 1590. The first-order valence-electron chi connectivity index (χ1n) is 9.80. The van der Waals surface area contributed by atoms with E-state index in [1.807, 2.05) is 0 Å². The minimum absolute atomic E-state index is 1.28. The van der Waals surface area contributed by atoms with Gasteiger partial charge in [0.25, 0.3) is 0 Å². The Kier molecular flexibility index (Phi) is 2.57. The summed E-state index contributed by atoms with van der Waals surface area (Å²) in [6.07, 6.45) is 0. The zero-order valence-electron chi connectivity index (χ0n) is 15.2. The van der Waals surface area contributed by atoms with Gasteiger partial charge in [-0.05, 0) is 65.3 Å². The molecular weight excluding hydrogens is 336 g/mol. The first-order valence-corrected chi connectivity index (χ1v) is 9.80. The average Bonchev–Trinajstić information content (AvgIpc) is 3.12. The molecule has 1 aliphatic carbocycles. The SMILES string of the molecule is c1ccc(-c2ccc3c4ccccc4c4ccc5cccc6c5c4c3c2-6)cc1. The highest BCUT2D eigenvalue weighted by molar-refractivity contribution is 6.40. The summed E-state index contributed by atoms with van der Waals surface area (Å²) in [5.41, 5.74) is 5.38. The van der Waals surface area contributed by atoms with Crippen molar-refractivity contribution in [2.45, 2.75) is 0 Å². The Morgan fingerprint density at radius 2 is 1.07 bits per heavy atom. The zero-order valence-corrected chi connectivity index (χ0v) is 15.2. The van der Waals surface area contributed by atoms with E-state index in [2.05, 4.69) is 97.1 Å². The van der Waals surface area contributed by atoms with Crippen LogP contribution in [0.1, 0.15) is 0 Å². The second-order valence-electron chi connectivity index (χ2n) is 7.71. The van der Waals surface area contributed by atoms with Crippen molar-refractivity contribution in [2.24, 2.45) is 0 Å². The zero-order chi connectivity index (χ0) is 18.2. The van der Waals surface area contributed by atoms with Gasteiger partial charge in [0.15, 0.2) is 0 Å². The minimum atomic E-state index is 1.28. The maximum absolute atomic E-state index is 2.33. The molecular formula is C28H16. The number of fused-ring (bicyclic) bond motifs is 4. The van der Waals surface area contributed by atoms with Crippen molar-refractivity contribution in [3.8, 4) is 22.3 Å². The molecule has 0 nitrogen and oxygen atoms in total. The molecule has 0 radical (unpaired) electrons. The van der Waals surface area contributed by atoms with E-state index in [0.717, 1.165) is 0 Å². The van der Waals surface area contributed by atoms with Crippen LogP contribution in [0.3, 0.4) is 0 Å². The van der Waals surface area contributed by atoms with Gasteiger partial charge in [-0.25, -0.2) is 0 Å². The lowest BCUT2D eigenvalue weighted by molar-refractivity contribution is 1.65. The van der Waals surface area contributed by atoms with Crippen molar-refractivity contribution in [1.82, 2.24) is 0 Å². The highest BCUT2D eigenvalue weighted by Crippen LogP contribution is 2.53. The molecule has 28 heavy (non-hydrogen) atoms. The fourth-order valence-corrected chi connectivity index (χ4v) is 5.25.